The number of hydrogen-bond donors (Lipinski definition) is 1. The highest BCUT2D eigenvalue weighted by Gasteiger charge is 2.25. The monoisotopic (exact) mass is 174 g/mol. The molecule has 1 aliphatic heterocycles. The zero-order chi connectivity index (χ0) is 9.40. The summed E-state index contributed by atoms with van der Waals surface area (Å²) in [7, 11) is -0.0675. The molecule has 0 radical (unpaired) electrons. The van der Waals surface area contributed by atoms with E-state index in [0.29, 0.717) is 13.2 Å². The van der Waals surface area contributed by atoms with Gasteiger partial charge in [-0.1, -0.05) is 20.8 Å². The van der Waals surface area contributed by atoms with Gasteiger partial charge in [-0.25, -0.2) is 0 Å². The number of rotatable bonds is 3. The van der Waals surface area contributed by atoms with Crippen LogP contribution in [0.25, 0.3) is 0 Å². The number of hydrogen-bond acceptors (Lipinski definition) is 3. The summed E-state index contributed by atoms with van der Waals surface area (Å²) in [6.45, 7) is 7.58. The lowest BCUT2D eigenvalue weighted by atomic mass is 9.79. The van der Waals surface area contributed by atoms with Crippen LogP contribution in [0, 0.1) is 5.92 Å². The molecule has 1 aliphatic rings. The molecule has 72 valence electrons. The molecule has 0 saturated carbocycles. The lowest BCUT2D eigenvalue weighted by molar-refractivity contribution is 0.239. The van der Waals surface area contributed by atoms with Gasteiger partial charge in [0.2, 0.25) is 0 Å². The van der Waals surface area contributed by atoms with Crippen LogP contribution in [0.1, 0.15) is 20.8 Å². The molecular weight excluding hydrogens is 155 g/mol. The Kier molecular flexibility index (Phi) is 7.55. The fourth-order valence-corrected chi connectivity index (χ4v) is 0.946. The summed E-state index contributed by atoms with van der Waals surface area (Å²) in [4.78, 5) is 0. The Balaban J connectivity index is 0.000000561. The third-order valence-electron chi connectivity index (χ3n) is 1.60. The average molecular weight is 174 g/mol. The summed E-state index contributed by atoms with van der Waals surface area (Å²) in [5, 5.41) is 8.68. The van der Waals surface area contributed by atoms with Gasteiger partial charge in [-0.05, 0) is 12.2 Å². The van der Waals surface area contributed by atoms with Crippen LogP contribution in [-0.4, -0.2) is 32.0 Å². The molecule has 1 heterocycles. The second-order valence-electron chi connectivity index (χ2n) is 2.69. The predicted molar refractivity (Wildman–Crippen MR) is 50.1 cm³/mol. The normalized spacial score (nSPS) is 18.5. The van der Waals surface area contributed by atoms with Crippen molar-refractivity contribution in [3.63, 3.8) is 0 Å². The van der Waals surface area contributed by atoms with Gasteiger partial charge >= 0.3 is 7.12 Å². The first kappa shape index (κ1) is 11.9. The van der Waals surface area contributed by atoms with Crippen LogP contribution in [0.3, 0.4) is 0 Å². The molecule has 0 spiro atoms. The van der Waals surface area contributed by atoms with E-state index in [4.69, 9.17) is 14.4 Å². The van der Waals surface area contributed by atoms with Gasteiger partial charge in [0, 0.05) is 6.61 Å². The molecule has 0 aromatic rings. The molecule has 1 saturated heterocycles. The van der Waals surface area contributed by atoms with Crippen molar-refractivity contribution in [2.24, 2.45) is 5.92 Å². The molecule has 12 heavy (non-hydrogen) atoms. The van der Waals surface area contributed by atoms with Crippen molar-refractivity contribution >= 4 is 7.12 Å². The standard InChI is InChI=1S/C6H13BO3.C2H6/c1-6(5-8)4-7-9-2-3-10-7;1-2/h6,8H,2-5H2,1H3;1-2H3/t6-;/m0./s1. The summed E-state index contributed by atoms with van der Waals surface area (Å²) < 4.78 is 10.4. The summed E-state index contributed by atoms with van der Waals surface area (Å²) in [6, 6.07) is 0. The molecule has 4 heteroatoms. The smallest absolute Gasteiger partial charge is 0.409 e. The number of aliphatic hydroxyl groups is 1. The highest BCUT2D eigenvalue weighted by Crippen LogP contribution is 2.11. The molecule has 0 aromatic carbocycles. The summed E-state index contributed by atoms with van der Waals surface area (Å²) in [5.74, 6) is 0.281. The highest BCUT2D eigenvalue weighted by atomic mass is 16.6. The molecule has 1 atom stereocenters. The van der Waals surface area contributed by atoms with E-state index in [2.05, 4.69) is 0 Å². The van der Waals surface area contributed by atoms with E-state index < -0.39 is 0 Å². The van der Waals surface area contributed by atoms with Gasteiger partial charge in [-0.15, -0.1) is 0 Å². The van der Waals surface area contributed by atoms with Gasteiger partial charge < -0.3 is 14.4 Å². The third kappa shape index (κ3) is 4.75. The lowest BCUT2D eigenvalue weighted by Gasteiger charge is -2.07. The summed E-state index contributed by atoms with van der Waals surface area (Å²) in [5.41, 5.74) is 0. The van der Waals surface area contributed by atoms with Crippen molar-refractivity contribution < 1.29 is 14.4 Å². The fraction of sp³-hybridized carbons (Fsp3) is 1.00. The van der Waals surface area contributed by atoms with Crippen LogP contribution < -0.4 is 0 Å². The van der Waals surface area contributed by atoms with Crippen molar-refractivity contribution in [2.45, 2.75) is 27.1 Å². The van der Waals surface area contributed by atoms with Crippen LogP contribution in [0.2, 0.25) is 6.32 Å². The first-order valence-electron chi connectivity index (χ1n) is 4.67. The molecule has 0 aromatic heterocycles. The zero-order valence-corrected chi connectivity index (χ0v) is 8.25. The molecule has 1 N–H and O–H groups in total. The molecule has 0 bridgehead atoms. The second-order valence-corrected chi connectivity index (χ2v) is 2.69. The van der Waals surface area contributed by atoms with Crippen molar-refractivity contribution in [1.82, 2.24) is 0 Å². The van der Waals surface area contributed by atoms with Crippen LogP contribution in [0.15, 0.2) is 0 Å². The van der Waals surface area contributed by atoms with Gasteiger partial charge in [0.15, 0.2) is 0 Å². The largest absolute Gasteiger partial charge is 0.457 e. The average Bonchev–Trinajstić information content (AvgIpc) is 2.60. The Morgan fingerprint density at radius 2 is 1.83 bits per heavy atom. The fourth-order valence-electron chi connectivity index (χ4n) is 0.946. The molecule has 0 amide bonds. The molecule has 0 aliphatic carbocycles. The number of aliphatic hydroxyl groups excluding tert-OH is 1. The highest BCUT2D eigenvalue weighted by molar-refractivity contribution is 6.44. The van der Waals surface area contributed by atoms with Gasteiger partial charge in [-0.3, -0.25) is 0 Å². The van der Waals surface area contributed by atoms with Gasteiger partial charge in [0.1, 0.15) is 0 Å². The maximum atomic E-state index is 8.68. The van der Waals surface area contributed by atoms with Crippen LogP contribution >= 0.6 is 0 Å². The molecule has 1 fully saturated rings. The summed E-state index contributed by atoms with van der Waals surface area (Å²) in [6.07, 6.45) is 0.802. The Hall–Kier alpha value is -0.0551. The van der Waals surface area contributed by atoms with Crippen molar-refractivity contribution in [1.29, 1.82) is 0 Å². The maximum absolute atomic E-state index is 8.68. The maximum Gasteiger partial charge on any atom is 0.457 e. The molecule has 0 unspecified atom stereocenters. The van der Waals surface area contributed by atoms with Crippen molar-refractivity contribution in [2.75, 3.05) is 19.8 Å². The van der Waals surface area contributed by atoms with Crippen LogP contribution in [-0.2, 0) is 9.31 Å². The quantitative estimate of drug-likeness (QED) is 0.652. The Morgan fingerprint density at radius 1 is 1.33 bits per heavy atom. The summed E-state index contributed by atoms with van der Waals surface area (Å²) >= 11 is 0. The van der Waals surface area contributed by atoms with E-state index in [9.17, 15) is 0 Å². The lowest BCUT2D eigenvalue weighted by Crippen LogP contribution is -2.18. The van der Waals surface area contributed by atoms with Crippen LogP contribution in [0.4, 0.5) is 0 Å². The minimum Gasteiger partial charge on any atom is -0.409 e. The van der Waals surface area contributed by atoms with E-state index >= 15 is 0 Å². The van der Waals surface area contributed by atoms with Gasteiger partial charge in [-0.2, -0.15) is 0 Å². The Bertz CT molecular complexity index is 94.3. The molecular formula is C8H19BO3. The SMILES string of the molecule is CC.C[C@H](CO)CB1OCCO1. The minimum absolute atomic E-state index is 0.0675. The molecule has 1 rings (SSSR count). The molecule has 3 nitrogen and oxygen atoms in total. The topological polar surface area (TPSA) is 38.7 Å². The minimum atomic E-state index is -0.0675. The zero-order valence-electron chi connectivity index (χ0n) is 8.25. The van der Waals surface area contributed by atoms with Crippen molar-refractivity contribution in [3.05, 3.63) is 0 Å². The van der Waals surface area contributed by atoms with E-state index in [0.717, 1.165) is 6.32 Å². The predicted octanol–water partition coefficient (Wildman–Crippen LogP) is 1.18. The van der Waals surface area contributed by atoms with E-state index in [1.54, 1.807) is 0 Å². The first-order chi connectivity index (χ1) is 5.83. The van der Waals surface area contributed by atoms with E-state index in [-0.39, 0.29) is 19.6 Å². The van der Waals surface area contributed by atoms with Crippen LogP contribution in [0.5, 0.6) is 0 Å². The van der Waals surface area contributed by atoms with E-state index in [1.807, 2.05) is 20.8 Å². The Morgan fingerprint density at radius 3 is 2.25 bits per heavy atom. The Labute approximate surface area is 75.2 Å². The van der Waals surface area contributed by atoms with E-state index in [1.165, 1.54) is 0 Å². The third-order valence-corrected chi connectivity index (χ3v) is 1.60. The van der Waals surface area contributed by atoms with Crippen molar-refractivity contribution in [3.8, 4) is 0 Å². The van der Waals surface area contributed by atoms with Gasteiger partial charge in [0.25, 0.3) is 0 Å². The van der Waals surface area contributed by atoms with Gasteiger partial charge in [0.05, 0.1) is 13.2 Å². The first-order valence-corrected chi connectivity index (χ1v) is 4.67. The second kappa shape index (κ2) is 7.59.